The third-order valence-corrected chi connectivity index (χ3v) is 5.68. The molecule has 0 aliphatic heterocycles. The molecule has 166 valence electrons. The lowest BCUT2D eigenvalue weighted by Crippen LogP contribution is -2.39. The summed E-state index contributed by atoms with van der Waals surface area (Å²) in [6, 6.07) is 21.1. The van der Waals surface area contributed by atoms with E-state index in [2.05, 4.69) is 15.0 Å². The van der Waals surface area contributed by atoms with E-state index in [4.69, 9.17) is 4.74 Å². The molecule has 7 nitrogen and oxygen atoms in total. The summed E-state index contributed by atoms with van der Waals surface area (Å²) in [5.41, 5.74) is 2.11. The Balaban J connectivity index is 1.46. The Bertz CT molecular complexity index is 1160. The molecule has 0 spiro atoms. The molecule has 0 aliphatic rings. The molecule has 0 fully saturated rings. The third kappa shape index (κ3) is 5.87. The van der Waals surface area contributed by atoms with Crippen LogP contribution in [-0.4, -0.2) is 37.8 Å². The zero-order chi connectivity index (χ0) is 23.0. The van der Waals surface area contributed by atoms with Crippen LogP contribution >= 0.6 is 11.3 Å². The van der Waals surface area contributed by atoms with E-state index >= 15 is 0 Å². The van der Waals surface area contributed by atoms with E-state index in [9.17, 15) is 9.59 Å². The summed E-state index contributed by atoms with van der Waals surface area (Å²) in [6.07, 6.45) is 2.25. The number of hydrogen-bond acceptors (Lipinski definition) is 7. The first-order chi connectivity index (χ1) is 16.1. The zero-order valence-corrected chi connectivity index (χ0v) is 18.8. The minimum Gasteiger partial charge on any atom is -0.448 e. The van der Waals surface area contributed by atoms with Crippen LogP contribution in [-0.2, 0) is 22.6 Å². The molecule has 1 atom stereocenters. The van der Waals surface area contributed by atoms with Crippen molar-refractivity contribution in [2.45, 2.75) is 26.1 Å². The van der Waals surface area contributed by atoms with Gasteiger partial charge in [0.15, 0.2) is 22.6 Å². The number of amides is 1. The summed E-state index contributed by atoms with van der Waals surface area (Å²) in [4.78, 5) is 40.1. The quantitative estimate of drug-likeness (QED) is 0.365. The Morgan fingerprint density at radius 3 is 2.06 bits per heavy atom. The van der Waals surface area contributed by atoms with E-state index < -0.39 is 12.1 Å². The average Bonchev–Trinajstić information content (AvgIpc) is 3.36. The van der Waals surface area contributed by atoms with E-state index in [1.165, 1.54) is 11.3 Å². The molecule has 0 saturated heterocycles. The molecule has 2 aromatic carbocycles. The van der Waals surface area contributed by atoms with Gasteiger partial charge >= 0.3 is 5.97 Å². The summed E-state index contributed by atoms with van der Waals surface area (Å²) in [5, 5.41) is 2.09. The van der Waals surface area contributed by atoms with Crippen LogP contribution < -0.4 is 0 Å². The fraction of sp³-hybridized carbons (Fsp3) is 0.160. The standard InChI is InChI=1S/C25H22N4O3S/c1-18(32-25(31)21-17-33-23(28-21)22-26-13-8-14-27-22)24(30)29(15-19-9-4-2-5-10-19)16-20-11-6-3-7-12-20/h2-14,17-18H,15-16H2,1H3. The van der Waals surface area contributed by atoms with Gasteiger partial charge in [-0.2, -0.15) is 0 Å². The van der Waals surface area contributed by atoms with Gasteiger partial charge in [0.25, 0.3) is 5.91 Å². The fourth-order valence-electron chi connectivity index (χ4n) is 3.23. The van der Waals surface area contributed by atoms with Crippen molar-refractivity contribution in [1.82, 2.24) is 19.9 Å². The van der Waals surface area contributed by atoms with Crippen LogP contribution in [0.2, 0.25) is 0 Å². The lowest BCUT2D eigenvalue weighted by atomic mass is 10.1. The summed E-state index contributed by atoms with van der Waals surface area (Å²) in [7, 11) is 0. The fourth-order valence-corrected chi connectivity index (χ4v) is 3.96. The number of rotatable bonds is 8. The number of nitrogens with zero attached hydrogens (tertiary/aromatic N) is 4. The first-order valence-electron chi connectivity index (χ1n) is 10.4. The second-order valence-electron chi connectivity index (χ2n) is 7.32. The van der Waals surface area contributed by atoms with Crippen LogP contribution in [0.5, 0.6) is 0 Å². The summed E-state index contributed by atoms with van der Waals surface area (Å²) in [6.45, 7) is 2.39. The molecule has 0 radical (unpaired) electrons. The number of carbonyl (C=O) groups excluding carboxylic acids is 2. The van der Waals surface area contributed by atoms with E-state index in [1.807, 2.05) is 60.7 Å². The highest BCUT2D eigenvalue weighted by atomic mass is 32.1. The van der Waals surface area contributed by atoms with E-state index in [0.717, 1.165) is 11.1 Å². The summed E-state index contributed by atoms with van der Waals surface area (Å²) >= 11 is 1.24. The Labute approximate surface area is 195 Å². The number of benzene rings is 2. The van der Waals surface area contributed by atoms with Gasteiger partial charge in [-0.1, -0.05) is 60.7 Å². The van der Waals surface area contributed by atoms with Gasteiger partial charge in [0.05, 0.1) is 0 Å². The number of esters is 1. The maximum Gasteiger partial charge on any atom is 0.358 e. The molecule has 0 bridgehead atoms. The molecule has 2 heterocycles. The molecule has 2 aromatic heterocycles. The number of ether oxygens (including phenoxy) is 1. The van der Waals surface area contributed by atoms with Gasteiger partial charge in [-0.25, -0.2) is 19.7 Å². The monoisotopic (exact) mass is 458 g/mol. The Morgan fingerprint density at radius 2 is 1.48 bits per heavy atom. The van der Waals surface area contributed by atoms with E-state index in [1.54, 1.807) is 35.7 Å². The summed E-state index contributed by atoms with van der Waals surface area (Å²) < 4.78 is 5.48. The highest BCUT2D eigenvalue weighted by Crippen LogP contribution is 2.21. The minimum absolute atomic E-state index is 0.125. The molecular formula is C25H22N4O3S. The predicted molar refractivity (Wildman–Crippen MR) is 125 cm³/mol. The van der Waals surface area contributed by atoms with Gasteiger partial charge in [-0.3, -0.25) is 4.79 Å². The molecular weight excluding hydrogens is 436 g/mol. The van der Waals surface area contributed by atoms with Crippen LogP contribution in [0.3, 0.4) is 0 Å². The maximum atomic E-state index is 13.3. The molecule has 1 amide bonds. The molecule has 33 heavy (non-hydrogen) atoms. The molecule has 4 aromatic rings. The predicted octanol–water partition coefficient (Wildman–Crippen LogP) is 4.37. The van der Waals surface area contributed by atoms with Gasteiger partial charge in [-0.05, 0) is 24.1 Å². The first kappa shape index (κ1) is 22.3. The lowest BCUT2D eigenvalue weighted by Gasteiger charge is -2.26. The second-order valence-corrected chi connectivity index (χ2v) is 8.18. The van der Waals surface area contributed by atoms with Gasteiger partial charge in [-0.15, -0.1) is 11.3 Å². The molecule has 0 aliphatic carbocycles. The van der Waals surface area contributed by atoms with E-state index in [0.29, 0.717) is 23.9 Å². The van der Waals surface area contributed by atoms with Crippen LogP contribution in [0.4, 0.5) is 0 Å². The third-order valence-electron chi connectivity index (χ3n) is 4.85. The Kier molecular flexibility index (Phi) is 7.16. The molecule has 0 N–H and O–H groups in total. The van der Waals surface area contributed by atoms with Gasteiger partial charge in [0.2, 0.25) is 0 Å². The second kappa shape index (κ2) is 10.6. The molecule has 4 rings (SSSR count). The number of thiazole rings is 1. The molecule has 0 saturated carbocycles. The van der Waals surface area contributed by atoms with Crippen molar-refractivity contribution in [2.24, 2.45) is 0 Å². The van der Waals surface area contributed by atoms with Crippen LogP contribution in [0, 0.1) is 0 Å². The highest BCUT2D eigenvalue weighted by molar-refractivity contribution is 7.13. The smallest absolute Gasteiger partial charge is 0.358 e. The van der Waals surface area contributed by atoms with Crippen molar-refractivity contribution in [2.75, 3.05) is 0 Å². The van der Waals surface area contributed by atoms with Crippen LogP contribution in [0.15, 0.2) is 84.5 Å². The van der Waals surface area contributed by atoms with Crippen molar-refractivity contribution in [3.63, 3.8) is 0 Å². The average molecular weight is 459 g/mol. The highest BCUT2D eigenvalue weighted by Gasteiger charge is 2.26. The normalized spacial score (nSPS) is 11.5. The van der Waals surface area contributed by atoms with Gasteiger partial charge in [0.1, 0.15) is 0 Å². The number of carbonyl (C=O) groups is 2. The SMILES string of the molecule is CC(OC(=O)c1csc(-c2ncccn2)n1)C(=O)N(Cc1ccccc1)Cc1ccccc1. The Morgan fingerprint density at radius 1 is 0.909 bits per heavy atom. The maximum absolute atomic E-state index is 13.3. The first-order valence-corrected chi connectivity index (χ1v) is 11.3. The topological polar surface area (TPSA) is 85.3 Å². The van der Waals surface area contributed by atoms with Crippen molar-refractivity contribution in [1.29, 1.82) is 0 Å². The van der Waals surface area contributed by atoms with Crippen molar-refractivity contribution in [3.8, 4) is 10.8 Å². The van der Waals surface area contributed by atoms with Gasteiger partial charge < -0.3 is 9.64 Å². The van der Waals surface area contributed by atoms with Crippen molar-refractivity contribution in [3.05, 3.63) is 101 Å². The Hall–Kier alpha value is -3.91. The zero-order valence-electron chi connectivity index (χ0n) is 18.0. The molecule has 1 unspecified atom stereocenters. The van der Waals surface area contributed by atoms with Crippen molar-refractivity contribution >= 4 is 23.2 Å². The van der Waals surface area contributed by atoms with Crippen LogP contribution in [0.25, 0.3) is 10.8 Å². The van der Waals surface area contributed by atoms with E-state index in [-0.39, 0.29) is 11.6 Å². The lowest BCUT2D eigenvalue weighted by molar-refractivity contribution is -0.141. The minimum atomic E-state index is -0.969. The van der Waals surface area contributed by atoms with Crippen molar-refractivity contribution < 1.29 is 14.3 Å². The number of hydrogen-bond donors (Lipinski definition) is 0. The largest absolute Gasteiger partial charge is 0.448 e. The summed E-state index contributed by atoms with van der Waals surface area (Å²) in [5.74, 6) is -0.505. The van der Waals surface area contributed by atoms with Crippen LogP contribution in [0.1, 0.15) is 28.5 Å². The molecule has 8 heteroatoms. The van der Waals surface area contributed by atoms with Gasteiger partial charge in [0, 0.05) is 30.9 Å². The number of aromatic nitrogens is 3.